The van der Waals surface area contributed by atoms with Crippen LogP contribution in [-0.2, 0) is 31.0 Å². The van der Waals surface area contributed by atoms with E-state index in [-0.39, 0.29) is 25.3 Å². The summed E-state index contributed by atoms with van der Waals surface area (Å²) in [5.41, 5.74) is -0.278. The molecule has 1 N–H and O–H groups in total. The predicted octanol–water partition coefficient (Wildman–Crippen LogP) is 1.51. The molecule has 0 saturated carbocycles. The van der Waals surface area contributed by atoms with Gasteiger partial charge in [-0.3, -0.25) is 9.36 Å². The maximum absolute atomic E-state index is 12.8. The molecular weight excluding hydrogens is 393 g/mol. The van der Waals surface area contributed by atoms with Gasteiger partial charge in [0.05, 0.1) is 6.54 Å². The molecule has 1 aliphatic heterocycles. The van der Waals surface area contributed by atoms with E-state index in [0.717, 1.165) is 19.0 Å². The zero-order valence-electron chi connectivity index (χ0n) is 16.2. The van der Waals surface area contributed by atoms with Gasteiger partial charge in [-0.2, -0.15) is 13.2 Å². The van der Waals surface area contributed by atoms with Crippen LogP contribution in [0.25, 0.3) is 0 Å². The third kappa shape index (κ3) is 4.54. The minimum absolute atomic E-state index is 0.0765. The van der Waals surface area contributed by atoms with E-state index >= 15 is 0 Å². The summed E-state index contributed by atoms with van der Waals surface area (Å²) >= 11 is 0. The van der Waals surface area contributed by atoms with E-state index < -0.39 is 23.6 Å². The van der Waals surface area contributed by atoms with Crippen molar-refractivity contribution >= 4 is 5.91 Å². The molecule has 0 unspecified atom stereocenters. The minimum atomic E-state index is -4.73. The number of nitrogens with zero attached hydrogens (tertiary/aromatic N) is 3. The number of alkyl halides is 3. The molecule has 0 saturated heterocycles. The number of carbonyl (C=O) groups excluding carboxylic acids is 1. The Kier molecular flexibility index (Phi) is 5.33. The molecule has 1 aromatic carbocycles. The van der Waals surface area contributed by atoms with Gasteiger partial charge in [-0.1, -0.05) is 12.1 Å². The van der Waals surface area contributed by atoms with Crippen LogP contribution in [0.1, 0.15) is 25.2 Å². The summed E-state index contributed by atoms with van der Waals surface area (Å²) in [6, 6.07) is 5.43. The fraction of sp³-hybridized carbons (Fsp3) is 0.500. The first-order chi connectivity index (χ1) is 13.5. The Hall–Kier alpha value is -2.98. The molecule has 0 atom stereocenters. The van der Waals surface area contributed by atoms with Crippen LogP contribution in [-0.4, -0.2) is 39.0 Å². The molecule has 158 valence electrons. The second-order valence-corrected chi connectivity index (χ2v) is 7.31. The molecule has 2 heterocycles. The van der Waals surface area contributed by atoms with Gasteiger partial charge in [0.1, 0.15) is 5.60 Å². The molecule has 0 spiro atoms. The quantitative estimate of drug-likeness (QED) is 0.774. The molecule has 29 heavy (non-hydrogen) atoms. The largest absolute Gasteiger partial charge is 0.483 e. The standard InChI is InChI=1S/C18H21F3N4O4/c1-17(2)9-11-5-4-6-12(14(11)29-17)28-10-13(26)22-7-8-25-16(27)24(3)15(23-25)18(19,20)21/h4-6H,7-10H2,1-3H3,(H,22,26). The lowest BCUT2D eigenvalue weighted by molar-refractivity contribution is -0.147. The Morgan fingerprint density at radius 2 is 2.10 bits per heavy atom. The first-order valence-electron chi connectivity index (χ1n) is 8.89. The average Bonchev–Trinajstić information content (AvgIpc) is 3.09. The zero-order valence-corrected chi connectivity index (χ0v) is 16.2. The van der Waals surface area contributed by atoms with Crippen LogP contribution in [0.2, 0.25) is 0 Å². The van der Waals surface area contributed by atoms with Crippen molar-refractivity contribution in [2.45, 2.75) is 38.6 Å². The van der Waals surface area contributed by atoms with Crippen molar-refractivity contribution in [2.75, 3.05) is 13.2 Å². The minimum Gasteiger partial charge on any atom is -0.483 e. The van der Waals surface area contributed by atoms with E-state index in [0.29, 0.717) is 20.7 Å². The summed E-state index contributed by atoms with van der Waals surface area (Å²) < 4.78 is 50.7. The molecule has 1 amide bonds. The third-order valence-electron chi connectivity index (χ3n) is 4.35. The topological polar surface area (TPSA) is 87.4 Å². The smallest absolute Gasteiger partial charge is 0.451 e. The van der Waals surface area contributed by atoms with E-state index in [2.05, 4.69) is 10.4 Å². The fourth-order valence-corrected chi connectivity index (χ4v) is 3.08. The lowest BCUT2D eigenvalue weighted by Gasteiger charge is -2.18. The summed E-state index contributed by atoms with van der Waals surface area (Å²) in [6.45, 7) is 3.32. The van der Waals surface area contributed by atoms with Crippen molar-refractivity contribution in [3.63, 3.8) is 0 Å². The van der Waals surface area contributed by atoms with Crippen LogP contribution in [0.15, 0.2) is 23.0 Å². The number of para-hydroxylation sites is 1. The zero-order chi connectivity index (χ0) is 21.4. The molecule has 1 aliphatic rings. The highest BCUT2D eigenvalue weighted by molar-refractivity contribution is 5.77. The Labute approximate surface area is 164 Å². The van der Waals surface area contributed by atoms with Gasteiger partial charge in [0.2, 0.25) is 5.82 Å². The fourth-order valence-electron chi connectivity index (χ4n) is 3.08. The monoisotopic (exact) mass is 414 g/mol. The van der Waals surface area contributed by atoms with Crippen LogP contribution in [0.3, 0.4) is 0 Å². The second kappa shape index (κ2) is 7.45. The number of halogens is 3. The molecule has 0 aliphatic carbocycles. The van der Waals surface area contributed by atoms with Crippen molar-refractivity contribution in [1.82, 2.24) is 19.7 Å². The van der Waals surface area contributed by atoms with E-state index in [1.165, 1.54) is 0 Å². The molecule has 1 aromatic heterocycles. The highest BCUT2D eigenvalue weighted by Crippen LogP contribution is 2.41. The van der Waals surface area contributed by atoms with Crippen molar-refractivity contribution in [3.05, 3.63) is 40.1 Å². The molecule has 11 heteroatoms. The maximum atomic E-state index is 12.8. The Bertz CT molecular complexity index is 978. The van der Waals surface area contributed by atoms with Crippen LogP contribution < -0.4 is 20.5 Å². The number of nitrogens with one attached hydrogen (secondary N) is 1. The van der Waals surface area contributed by atoms with Crippen LogP contribution >= 0.6 is 0 Å². The maximum Gasteiger partial charge on any atom is 0.451 e. The normalized spacial score (nSPS) is 15.0. The van der Waals surface area contributed by atoms with E-state index in [1.807, 2.05) is 26.0 Å². The van der Waals surface area contributed by atoms with Gasteiger partial charge in [0, 0.05) is 25.6 Å². The van der Waals surface area contributed by atoms with Gasteiger partial charge >= 0.3 is 11.9 Å². The summed E-state index contributed by atoms with van der Waals surface area (Å²) in [5, 5.41) is 5.75. The molecule has 0 fully saturated rings. The van der Waals surface area contributed by atoms with Crippen LogP contribution in [0.5, 0.6) is 11.5 Å². The molecule has 8 nitrogen and oxygen atoms in total. The van der Waals surface area contributed by atoms with Crippen molar-refractivity contribution < 1.29 is 27.4 Å². The lowest BCUT2D eigenvalue weighted by atomic mass is 10.0. The highest BCUT2D eigenvalue weighted by atomic mass is 19.4. The molecule has 3 rings (SSSR count). The van der Waals surface area contributed by atoms with Gasteiger partial charge in [0.25, 0.3) is 5.91 Å². The summed E-state index contributed by atoms with van der Waals surface area (Å²) in [6.07, 6.45) is -4.01. The van der Waals surface area contributed by atoms with Gasteiger partial charge in [-0.05, 0) is 19.9 Å². The first-order valence-corrected chi connectivity index (χ1v) is 8.89. The first kappa shape index (κ1) is 20.7. The van der Waals surface area contributed by atoms with Crippen LogP contribution in [0, 0.1) is 0 Å². The van der Waals surface area contributed by atoms with E-state index in [4.69, 9.17) is 9.47 Å². The third-order valence-corrected chi connectivity index (χ3v) is 4.35. The van der Waals surface area contributed by atoms with Crippen molar-refractivity contribution in [1.29, 1.82) is 0 Å². The van der Waals surface area contributed by atoms with Crippen molar-refractivity contribution in [2.24, 2.45) is 7.05 Å². The molecule has 2 aromatic rings. The Morgan fingerprint density at radius 1 is 1.38 bits per heavy atom. The molecule has 0 radical (unpaired) electrons. The summed E-state index contributed by atoms with van der Waals surface area (Å²) in [7, 11) is 0.989. The summed E-state index contributed by atoms with van der Waals surface area (Å²) in [4.78, 5) is 23.8. The van der Waals surface area contributed by atoms with Gasteiger partial charge in [-0.15, -0.1) is 5.10 Å². The van der Waals surface area contributed by atoms with Crippen LogP contribution in [0.4, 0.5) is 13.2 Å². The Balaban J connectivity index is 1.53. The number of hydrogen-bond donors (Lipinski definition) is 1. The number of rotatable bonds is 6. The van der Waals surface area contributed by atoms with Gasteiger partial charge < -0.3 is 14.8 Å². The van der Waals surface area contributed by atoms with E-state index in [9.17, 15) is 22.8 Å². The molecular formula is C18H21F3N4O4. The lowest BCUT2D eigenvalue weighted by Crippen LogP contribution is -2.34. The highest BCUT2D eigenvalue weighted by Gasteiger charge is 2.38. The summed E-state index contributed by atoms with van der Waals surface area (Å²) in [5.74, 6) is -0.734. The number of amides is 1. The Morgan fingerprint density at radius 3 is 2.76 bits per heavy atom. The number of aromatic nitrogens is 3. The van der Waals surface area contributed by atoms with Gasteiger partial charge in [0.15, 0.2) is 18.1 Å². The predicted molar refractivity (Wildman–Crippen MR) is 95.8 cm³/mol. The number of ether oxygens (including phenoxy) is 2. The number of carbonyl (C=O) groups is 1. The average molecular weight is 414 g/mol. The van der Waals surface area contributed by atoms with Gasteiger partial charge in [-0.25, -0.2) is 9.48 Å². The number of benzene rings is 1. The SMILES string of the molecule is Cn1c(C(F)(F)F)nn(CCNC(=O)COc2cccc3c2OC(C)(C)C3)c1=O. The number of hydrogen-bond acceptors (Lipinski definition) is 5. The van der Waals surface area contributed by atoms with E-state index in [1.54, 1.807) is 6.07 Å². The van der Waals surface area contributed by atoms with Crippen molar-refractivity contribution in [3.8, 4) is 11.5 Å². The molecule has 0 bridgehead atoms. The second-order valence-electron chi connectivity index (χ2n) is 7.31. The number of fused-ring (bicyclic) bond motifs is 1.